The molecule has 1 aliphatic heterocycles. The topological polar surface area (TPSA) is 75.5 Å². The summed E-state index contributed by atoms with van der Waals surface area (Å²) in [5.74, 6) is -0.172. The van der Waals surface area contributed by atoms with E-state index in [1.165, 1.54) is 6.92 Å². The van der Waals surface area contributed by atoms with Crippen molar-refractivity contribution in [3.63, 3.8) is 0 Å². The Morgan fingerprint density at radius 3 is 2.43 bits per heavy atom. The first kappa shape index (κ1) is 17.0. The van der Waals surface area contributed by atoms with Crippen LogP contribution < -0.4 is 10.2 Å². The van der Waals surface area contributed by atoms with E-state index < -0.39 is 22.4 Å². The van der Waals surface area contributed by atoms with Crippen LogP contribution in [0.15, 0.2) is 18.2 Å². The second-order valence-electron chi connectivity index (χ2n) is 5.42. The Bertz CT molecular complexity index is 611. The van der Waals surface area contributed by atoms with Gasteiger partial charge in [0.15, 0.2) is 0 Å². The number of hydrogen-bond donors (Lipinski definition) is 1. The third-order valence-corrected chi connectivity index (χ3v) is 3.74. The van der Waals surface area contributed by atoms with Crippen molar-refractivity contribution in [2.75, 3.05) is 18.0 Å². The van der Waals surface area contributed by atoms with Gasteiger partial charge < -0.3 is 10.2 Å². The fourth-order valence-electron chi connectivity index (χ4n) is 2.69. The van der Waals surface area contributed by atoms with E-state index >= 15 is 0 Å². The molecule has 1 N–H and O–H groups in total. The summed E-state index contributed by atoms with van der Waals surface area (Å²) in [7, 11) is 0. The Morgan fingerprint density at radius 2 is 1.96 bits per heavy atom. The summed E-state index contributed by atoms with van der Waals surface area (Å²) in [6.07, 6.45) is -3.63. The van der Waals surface area contributed by atoms with Crippen LogP contribution in [0.1, 0.15) is 25.3 Å². The van der Waals surface area contributed by atoms with E-state index in [-0.39, 0.29) is 17.6 Å². The summed E-state index contributed by atoms with van der Waals surface area (Å²) >= 11 is 0. The molecule has 6 nitrogen and oxygen atoms in total. The predicted octanol–water partition coefficient (Wildman–Crippen LogP) is 2.72. The largest absolute Gasteiger partial charge is 0.418 e. The number of anilines is 1. The van der Waals surface area contributed by atoms with Crippen LogP contribution in [-0.2, 0) is 11.0 Å². The monoisotopic (exact) mass is 331 g/mol. The van der Waals surface area contributed by atoms with Gasteiger partial charge in [0.05, 0.1) is 10.5 Å². The molecule has 1 aromatic carbocycles. The van der Waals surface area contributed by atoms with E-state index in [4.69, 9.17) is 0 Å². The van der Waals surface area contributed by atoms with Crippen molar-refractivity contribution in [1.29, 1.82) is 0 Å². The van der Waals surface area contributed by atoms with Crippen LogP contribution in [0.25, 0.3) is 0 Å². The molecule has 2 rings (SSSR count). The Hall–Kier alpha value is -2.32. The summed E-state index contributed by atoms with van der Waals surface area (Å²) in [6.45, 7) is 2.07. The van der Waals surface area contributed by atoms with Gasteiger partial charge in [-0.25, -0.2) is 0 Å². The molecule has 0 spiro atoms. The molecule has 0 radical (unpaired) electrons. The summed E-state index contributed by atoms with van der Waals surface area (Å²) in [5.41, 5.74) is -1.66. The molecule has 1 saturated heterocycles. The van der Waals surface area contributed by atoms with Crippen LogP contribution in [0, 0.1) is 10.1 Å². The first-order valence-corrected chi connectivity index (χ1v) is 7.06. The fourth-order valence-corrected chi connectivity index (χ4v) is 2.69. The molecule has 1 aromatic rings. The molecule has 1 heterocycles. The van der Waals surface area contributed by atoms with Crippen LogP contribution in [0.3, 0.4) is 0 Å². The van der Waals surface area contributed by atoms with Gasteiger partial charge in [-0.1, -0.05) is 0 Å². The third kappa shape index (κ3) is 4.11. The number of carbonyl (C=O) groups excluding carboxylic acids is 1. The number of nitrogens with zero attached hydrogens (tertiary/aromatic N) is 2. The first-order valence-electron chi connectivity index (χ1n) is 7.06. The number of piperidine rings is 1. The van der Waals surface area contributed by atoms with Crippen molar-refractivity contribution in [1.82, 2.24) is 5.32 Å². The molecule has 0 saturated carbocycles. The minimum Gasteiger partial charge on any atom is -0.371 e. The average molecular weight is 331 g/mol. The zero-order valence-corrected chi connectivity index (χ0v) is 12.4. The van der Waals surface area contributed by atoms with Crippen LogP contribution in [0.5, 0.6) is 0 Å². The quantitative estimate of drug-likeness (QED) is 0.682. The fraction of sp³-hybridized carbons (Fsp3) is 0.500. The number of hydrogen-bond acceptors (Lipinski definition) is 4. The number of alkyl halides is 3. The van der Waals surface area contributed by atoms with Crippen LogP contribution in [-0.4, -0.2) is 30.0 Å². The normalized spacial score (nSPS) is 16.3. The van der Waals surface area contributed by atoms with E-state index in [2.05, 4.69) is 5.32 Å². The van der Waals surface area contributed by atoms with E-state index in [1.54, 1.807) is 4.90 Å². The van der Waals surface area contributed by atoms with Crippen molar-refractivity contribution < 1.29 is 22.9 Å². The van der Waals surface area contributed by atoms with Gasteiger partial charge in [-0.15, -0.1) is 0 Å². The second-order valence-corrected chi connectivity index (χ2v) is 5.42. The Balaban J connectivity index is 2.23. The first-order chi connectivity index (χ1) is 10.7. The summed E-state index contributed by atoms with van der Waals surface area (Å²) in [4.78, 5) is 22.4. The maximum atomic E-state index is 13.2. The summed E-state index contributed by atoms with van der Waals surface area (Å²) < 4.78 is 39.6. The highest BCUT2D eigenvalue weighted by Crippen LogP contribution is 2.39. The van der Waals surface area contributed by atoms with Gasteiger partial charge in [0.2, 0.25) is 5.91 Å². The van der Waals surface area contributed by atoms with E-state index in [0.29, 0.717) is 32.0 Å². The van der Waals surface area contributed by atoms with Gasteiger partial charge in [0, 0.05) is 43.9 Å². The molecule has 1 aliphatic rings. The van der Waals surface area contributed by atoms with Gasteiger partial charge in [-0.3, -0.25) is 14.9 Å². The maximum Gasteiger partial charge on any atom is 0.418 e. The molecule has 0 bridgehead atoms. The van der Waals surface area contributed by atoms with Gasteiger partial charge in [-0.05, 0) is 18.9 Å². The second kappa shape index (κ2) is 6.43. The molecule has 0 unspecified atom stereocenters. The zero-order valence-electron chi connectivity index (χ0n) is 12.4. The van der Waals surface area contributed by atoms with Gasteiger partial charge in [0.25, 0.3) is 5.69 Å². The van der Waals surface area contributed by atoms with Crippen molar-refractivity contribution in [3.8, 4) is 0 Å². The lowest BCUT2D eigenvalue weighted by Crippen LogP contribution is -2.44. The van der Waals surface area contributed by atoms with Crippen molar-refractivity contribution in [3.05, 3.63) is 33.9 Å². The summed E-state index contributed by atoms with van der Waals surface area (Å²) in [6, 6.07) is 2.72. The minimum absolute atomic E-state index is 0.0591. The highest BCUT2D eigenvalue weighted by molar-refractivity contribution is 5.73. The number of nitrogens with one attached hydrogen (secondary N) is 1. The number of non-ortho nitro benzene ring substituents is 1. The maximum absolute atomic E-state index is 13.2. The van der Waals surface area contributed by atoms with Crippen LogP contribution >= 0.6 is 0 Å². The lowest BCUT2D eigenvalue weighted by Gasteiger charge is -2.35. The molecule has 0 aromatic heterocycles. The number of halogens is 3. The predicted molar refractivity (Wildman–Crippen MR) is 77.2 cm³/mol. The minimum atomic E-state index is -4.67. The molecular weight excluding hydrogens is 315 g/mol. The van der Waals surface area contributed by atoms with E-state index in [9.17, 15) is 28.1 Å². The van der Waals surface area contributed by atoms with Gasteiger partial charge in [0.1, 0.15) is 0 Å². The summed E-state index contributed by atoms with van der Waals surface area (Å²) in [5, 5.41) is 13.4. The smallest absolute Gasteiger partial charge is 0.371 e. The number of benzene rings is 1. The molecule has 1 fully saturated rings. The molecule has 0 atom stereocenters. The zero-order chi connectivity index (χ0) is 17.2. The number of nitro benzene ring substituents is 1. The highest BCUT2D eigenvalue weighted by atomic mass is 19.4. The number of amides is 1. The number of rotatable bonds is 3. The van der Waals surface area contributed by atoms with Gasteiger partial charge in [-0.2, -0.15) is 13.2 Å². The lowest BCUT2D eigenvalue weighted by molar-refractivity contribution is -0.385. The SMILES string of the molecule is CC(=O)NC1CCN(c2ccc([N+](=O)[O-])cc2C(F)(F)F)CC1. The third-order valence-electron chi connectivity index (χ3n) is 3.74. The van der Waals surface area contributed by atoms with Crippen molar-refractivity contribution in [2.24, 2.45) is 0 Å². The lowest BCUT2D eigenvalue weighted by atomic mass is 10.0. The van der Waals surface area contributed by atoms with Crippen LogP contribution in [0.2, 0.25) is 0 Å². The molecule has 126 valence electrons. The Morgan fingerprint density at radius 1 is 1.35 bits per heavy atom. The average Bonchev–Trinajstić information content (AvgIpc) is 2.46. The van der Waals surface area contributed by atoms with Crippen LogP contribution in [0.4, 0.5) is 24.5 Å². The van der Waals surface area contributed by atoms with E-state index in [1.807, 2.05) is 0 Å². The van der Waals surface area contributed by atoms with Crippen molar-refractivity contribution >= 4 is 17.3 Å². The highest BCUT2D eigenvalue weighted by Gasteiger charge is 2.37. The standard InChI is InChI=1S/C14H16F3N3O3/c1-9(21)18-10-4-6-19(7-5-10)13-3-2-11(20(22)23)8-12(13)14(15,16)17/h2-3,8,10H,4-7H2,1H3,(H,18,21). The van der Waals surface area contributed by atoms with E-state index in [0.717, 1.165) is 12.1 Å². The number of nitro groups is 1. The molecule has 1 amide bonds. The molecule has 0 aliphatic carbocycles. The number of carbonyl (C=O) groups is 1. The molecule has 9 heteroatoms. The van der Waals surface area contributed by atoms with Crippen molar-refractivity contribution in [2.45, 2.75) is 32.0 Å². The molecular formula is C14H16F3N3O3. The molecule has 23 heavy (non-hydrogen) atoms. The Kier molecular flexibility index (Phi) is 4.76. The Labute approximate surface area is 130 Å². The van der Waals surface area contributed by atoms with Gasteiger partial charge >= 0.3 is 6.18 Å².